The Labute approximate surface area is 214 Å². The number of hydrogen-bond donors (Lipinski definition) is 13. The molecule has 6 unspecified atom stereocenters. The molecular weight excluding hydrogens is 496 g/mol. The average Bonchev–Trinajstić information content (AvgIpc) is 2.84. The molecule has 0 spiro atoms. The molecule has 0 aromatic carbocycles. The Morgan fingerprint density at radius 3 is 2.30 bits per heavy atom. The number of hydrogen-bond acceptors (Lipinski definition) is 16. The van der Waals surface area contributed by atoms with Crippen LogP contribution >= 0.6 is 0 Å². The lowest BCUT2D eigenvalue weighted by atomic mass is 9.85. The third-order valence-corrected chi connectivity index (χ3v) is 6.50. The molecule has 1 heterocycles. The summed E-state index contributed by atoms with van der Waals surface area (Å²) in [6.45, 7) is -0.295. The van der Waals surface area contributed by atoms with Gasteiger partial charge >= 0.3 is 0 Å². The van der Waals surface area contributed by atoms with Crippen molar-refractivity contribution >= 4 is 0 Å². The van der Waals surface area contributed by atoms with E-state index in [1.807, 2.05) is 0 Å². The van der Waals surface area contributed by atoms with E-state index in [-0.39, 0.29) is 37.3 Å². The van der Waals surface area contributed by atoms with Gasteiger partial charge in [-0.25, -0.2) is 0 Å². The van der Waals surface area contributed by atoms with Gasteiger partial charge in [-0.1, -0.05) is 0 Å². The maximum atomic E-state index is 10.6. The summed E-state index contributed by atoms with van der Waals surface area (Å²) in [6, 6.07) is -3.32. The van der Waals surface area contributed by atoms with Crippen LogP contribution < -0.4 is 34.0 Å². The minimum absolute atomic E-state index is 0.000643. The maximum absolute atomic E-state index is 10.6. The zero-order chi connectivity index (χ0) is 28.0. The Morgan fingerprint density at radius 2 is 1.70 bits per heavy atom. The molecule has 37 heavy (non-hydrogen) atoms. The number of aliphatic hydroxyl groups excluding tert-OH is 7. The Hall–Kier alpha value is -1.64. The van der Waals surface area contributed by atoms with Gasteiger partial charge in [0.25, 0.3) is 0 Å². The van der Waals surface area contributed by atoms with Crippen molar-refractivity contribution in [3.05, 3.63) is 23.2 Å². The van der Waals surface area contributed by atoms with Crippen LogP contribution in [0.4, 0.5) is 0 Å². The number of ether oxygens (including phenoxy) is 3. The van der Waals surface area contributed by atoms with Crippen LogP contribution in [0.15, 0.2) is 23.2 Å². The molecule has 0 radical (unpaired) electrons. The number of nitrogens with one attached hydrogen (secondary N) is 1. The van der Waals surface area contributed by atoms with E-state index in [0.29, 0.717) is 0 Å². The van der Waals surface area contributed by atoms with Gasteiger partial charge in [0.1, 0.15) is 12.2 Å². The van der Waals surface area contributed by atoms with E-state index in [1.54, 1.807) is 0 Å². The molecule has 12 atom stereocenters. The lowest BCUT2D eigenvalue weighted by molar-refractivity contribution is -0.271. The fraction of sp³-hybridized carbons (Fsp3) is 0.810. The van der Waals surface area contributed by atoms with Crippen LogP contribution in [-0.4, -0.2) is 123 Å². The minimum Gasteiger partial charge on any atom is -0.506 e. The van der Waals surface area contributed by atoms with Crippen molar-refractivity contribution < 1.29 is 50.0 Å². The van der Waals surface area contributed by atoms with E-state index in [9.17, 15) is 30.6 Å². The molecule has 1 aliphatic heterocycles. The molecule has 0 amide bonds. The van der Waals surface area contributed by atoms with Gasteiger partial charge in [0.15, 0.2) is 18.3 Å². The van der Waals surface area contributed by atoms with E-state index in [2.05, 4.69) is 5.32 Å². The zero-order valence-corrected chi connectivity index (χ0v) is 20.6. The highest BCUT2D eigenvalue weighted by Gasteiger charge is 2.43. The molecule has 2 rings (SSSR count). The van der Waals surface area contributed by atoms with E-state index in [1.165, 1.54) is 13.1 Å². The monoisotopic (exact) mass is 538 g/mol. The first-order valence-electron chi connectivity index (χ1n) is 11.9. The van der Waals surface area contributed by atoms with E-state index in [0.717, 1.165) is 0 Å². The number of rotatable bonds is 11. The van der Waals surface area contributed by atoms with Gasteiger partial charge in [-0.3, -0.25) is 0 Å². The predicted molar refractivity (Wildman–Crippen MR) is 128 cm³/mol. The topological polar surface area (TPSA) is 311 Å². The van der Waals surface area contributed by atoms with Gasteiger partial charge in [-0.05, 0) is 26.0 Å². The first-order chi connectivity index (χ1) is 17.3. The van der Waals surface area contributed by atoms with Crippen LogP contribution in [0, 0.1) is 0 Å². The molecule has 0 aromatic heterocycles. The van der Waals surface area contributed by atoms with Crippen LogP contribution in [-0.2, 0) is 14.2 Å². The van der Waals surface area contributed by atoms with Crippen molar-refractivity contribution in [1.82, 2.24) is 5.32 Å². The summed E-state index contributed by atoms with van der Waals surface area (Å²) in [5.74, 6) is -0.779. The number of nitrogens with two attached hydrogens (primary N) is 5. The second kappa shape index (κ2) is 13.9. The van der Waals surface area contributed by atoms with Crippen molar-refractivity contribution in [3.63, 3.8) is 0 Å². The van der Waals surface area contributed by atoms with E-state index in [4.69, 9.17) is 48.0 Å². The highest BCUT2D eigenvalue weighted by Crippen LogP contribution is 2.26. The Bertz CT molecular complexity index is 791. The van der Waals surface area contributed by atoms with Gasteiger partial charge in [-0.15, -0.1) is 0 Å². The molecule has 18 N–H and O–H groups in total. The highest BCUT2D eigenvalue weighted by atomic mass is 16.7. The summed E-state index contributed by atoms with van der Waals surface area (Å²) in [4.78, 5) is 0. The first kappa shape index (κ1) is 31.6. The molecule has 16 nitrogen and oxygen atoms in total. The average molecular weight is 539 g/mol. The lowest BCUT2D eigenvalue weighted by Crippen LogP contribution is -2.62. The molecule has 1 saturated carbocycles. The summed E-state index contributed by atoms with van der Waals surface area (Å²) in [7, 11) is 1.52. The summed E-state index contributed by atoms with van der Waals surface area (Å²) in [6.07, 6.45) is -9.58. The molecule has 1 saturated heterocycles. The molecule has 0 aromatic rings. The summed E-state index contributed by atoms with van der Waals surface area (Å²) < 4.78 is 16.5. The van der Waals surface area contributed by atoms with Crippen molar-refractivity contribution in [1.29, 1.82) is 0 Å². The van der Waals surface area contributed by atoms with E-state index >= 15 is 0 Å². The molecule has 216 valence electrons. The lowest BCUT2D eigenvalue weighted by Gasteiger charge is -2.41. The van der Waals surface area contributed by atoms with Gasteiger partial charge in [0.05, 0.1) is 41.8 Å². The van der Waals surface area contributed by atoms with Crippen molar-refractivity contribution in [2.45, 2.75) is 92.8 Å². The second-order valence-electron chi connectivity index (χ2n) is 9.27. The molecule has 1 aliphatic carbocycles. The summed E-state index contributed by atoms with van der Waals surface area (Å²) in [5, 5.41) is 73.4. The first-order valence-corrected chi connectivity index (χ1v) is 11.9. The van der Waals surface area contributed by atoms with E-state index < -0.39 is 79.3 Å². The Kier molecular flexibility index (Phi) is 11.9. The minimum atomic E-state index is -1.97. The standard InChI is InChI=1S/C21H42N6O10/c1-27-14-12(29)5-7(35-21(14)37-20(34)16(31)13(26)8(22)2-3-28)4-11(25)19(33)36-18-10(24)6-9(23)15(30)17(18)32/h4,7-10,12,14-15,17-21,27-34H,2-3,5-6,22-26H2,1H3/b11-4+,16-13+/t7-,8+,9+,10?,12?,14?,15?,17?,18+,19+,20+,21?/m0/s1. The molecule has 2 aliphatic rings. The number of aliphatic hydroxyl groups is 7. The molecule has 16 heteroatoms. The largest absolute Gasteiger partial charge is 0.506 e. The van der Waals surface area contributed by atoms with Gasteiger partial charge in [0, 0.05) is 25.1 Å². The smallest absolute Gasteiger partial charge is 0.218 e. The van der Waals surface area contributed by atoms with Gasteiger partial charge in [-0.2, -0.15) is 0 Å². The van der Waals surface area contributed by atoms with Crippen LogP contribution in [0.1, 0.15) is 19.3 Å². The zero-order valence-electron chi connectivity index (χ0n) is 20.6. The quantitative estimate of drug-likeness (QED) is 0.0860. The van der Waals surface area contributed by atoms with Gasteiger partial charge < -0.3 is 83.9 Å². The number of likely N-dealkylation sites (N-methyl/N-ethyl adjacent to an activating group) is 1. The van der Waals surface area contributed by atoms with Crippen LogP contribution in [0.3, 0.4) is 0 Å². The third kappa shape index (κ3) is 7.93. The van der Waals surface area contributed by atoms with Crippen LogP contribution in [0.5, 0.6) is 0 Å². The predicted octanol–water partition coefficient (Wildman–Crippen LogP) is -5.85. The summed E-state index contributed by atoms with van der Waals surface area (Å²) in [5.41, 5.74) is 28.5. The fourth-order valence-corrected chi connectivity index (χ4v) is 4.24. The van der Waals surface area contributed by atoms with Crippen LogP contribution in [0.2, 0.25) is 0 Å². The highest BCUT2D eigenvalue weighted by molar-refractivity contribution is 5.12. The fourth-order valence-electron chi connectivity index (χ4n) is 4.24. The third-order valence-electron chi connectivity index (χ3n) is 6.50. The Morgan fingerprint density at radius 1 is 1.05 bits per heavy atom. The van der Waals surface area contributed by atoms with Crippen LogP contribution in [0.25, 0.3) is 0 Å². The SMILES string of the molecule is CNC1C(O)C[C@H](/C=C(/N)[C@H](O)O[C@@H]2C(N)C[C@@H](N)C(O)C2O)OC1O[C@@H](O)/C(O)=C(\N)[C@H](N)CCO. The molecule has 0 bridgehead atoms. The van der Waals surface area contributed by atoms with Crippen molar-refractivity contribution in [2.24, 2.45) is 28.7 Å². The molecule has 2 fully saturated rings. The maximum Gasteiger partial charge on any atom is 0.218 e. The van der Waals surface area contributed by atoms with Gasteiger partial charge in [0.2, 0.25) is 6.29 Å². The molecular formula is C21H42N6O10. The Balaban J connectivity index is 2.11. The second-order valence-corrected chi connectivity index (χ2v) is 9.27. The summed E-state index contributed by atoms with van der Waals surface area (Å²) >= 11 is 0. The van der Waals surface area contributed by atoms with Crippen molar-refractivity contribution in [2.75, 3.05) is 13.7 Å². The normalized spacial score (nSPS) is 38.5. The van der Waals surface area contributed by atoms with Crippen molar-refractivity contribution in [3.8, 4) is 0 Å².